The molecule has 1 aliphatic heterocycles. The summed E-state index contributed by atoms with van der Waals surface area (Å²) in [5.41, 5.74) is 0. The first-order chi connectivity index (χ1) is 8.72. The van der Waals surface area contributed by atoms with Crippen LogP contribution in [0.15, 0.2) is 6.33 Å². The second-order valence-corrected chi connectivity index (χ2v) is 5.21. The van der Waals surface area contributed by atoms with E-state index in [9.17, 15) is 0 Å². The van der Waals surface area contributed by atoms with Gasteiger partial charge in [0.15, 0.2) is 0 Å². The molecule has 102 valence electrons. The van der Waals surface area contributed by atoms with Crippen molar-refractivity contribution in [3.63, 3.8) is 0 Å². The SMILES string of the molecule is CCC1OCCC1CNCc1ncnn1C(C)C. The minimum atomic E-state index is 0.363. The van der Waals surface area contributed by atoms with Crippen LogP contribution in [0.3, 0.4) is 0 Å². The van der Waals surface area contributed by atoms with Crippen molar-refractivity contribution in [1.29, 1.82) is 0 Å². The average molecular weight is 252 g/mol. The Labute approximate surface area is 109 Å². The summed E-state index contributed by atoms with van der Waals surface area (Å²) in [7, 11) is 0. The number of rotatable bonds is 6. The maximum Gasteiger partial charge on any atom is 0.141 e. The lowest BCUT2D eigenvalue weighted by atomic mass is 10.00. The summed E-state index contributed by atoms with van der Waals surface area (Å²) in [4.78, 5) is 4.30. The number of aromatic nitrogens is 3. The molecule has 1 N–H and O–H groups in total. The maximum absolute atomic E-state index is 5.69. The molecule has 2 rings (SSSR count). The normalized spacial score (nSPS) is 24.0. The van der Waals surface area contributed by atoms with Crippen LogP contribution in [-0.4, -0.2) is 34.0 Å². The Morgan fingerprint density at radius 3 is 3.11 bits per heavy atom. The average Bonchev–Trinajstić information content (AvgIpc) is 2.97. The van der Waals surface area contributed by atoms with Crippen molar-refractivity contribution < 1.29 is 4.74 Å². The molecule has 1 aromatic rings. The predicted octanol–water partition coefficient (Wildman–Crippen LogP) is 1.76. The van der Waals surface area contributed by atoms with Crippen LogP contribution in [0.4, 0.5) is 0 Å². The topological polar surface area (TPSA) is 52.0 Å². The number of nitrogens with zero attached hydrogens (tertiary/aromatic N) is 3. The van der Waals surface area contributed by atoms with Crippen molar-refractivity contribution >= 4 is 0 Å². The van der Waals surface area contributed by atoms with Gasteiger partial charge in [0.2, 0.25) is 0 Å². The molecule has 2 heterocycles. The van der Waals surface area contributed by atoms with Crippen LogP contribution in [0.2, 0.25) is 0 Å². The lowest BCUT2D eigenvalue weighted by Crippen LogP contribution is -2.29. The first-order valence-corrected chi connectivity index (χ1v) is 6.93. The van der Waals surface area contributed by atoms with Crippen molar-refractivity contribution in [2.75, 3.05) is 13.2 Å². The van der Waals surface area contributed by atoms with E-state index in [0.717, 1.165) is 31.9 Å². The Bertz CT molecular complexity index is 364. The van der Waals surface area contributed by atoms with Crippen LogP contribution in [-0.2, 0) is 11.3 Å². The molecular formula is C13H24N4O. The highest BCUT2D eigenvalue weighted by Crippen LogP contribution is 2.22. The number of nitrogens with one attached hydrogen (secondary N) is 1. The largest absolute Gasteiger partial charge is 0.378 e. The molecule has 1 aromatic heterocycles. The predicted molar refractivity (Wildman–Crippen MR) is 70.3 cm³/mol. The van der Waals surface area contributed by atoms with Crippen molar-refractivity contribution in [3.8, 4) is 0 Å². The first kappa shape index (κ1) is 13.5. The van der Waals surface area contributed by atoms with E-state index >= 15 is 0 Å². The maximum atomic E-state index is 5.69. The summed E-state index contributed by atoms with van der Waals surface area (Å²) in [6.07, 6.45) is 4.34. The lowest BCUT2D eigenvalue weighted by Gasteiger charge is -2.17. The summed E-state index contributed by atoms with van der Waals surface area (Å²) in [6, 6.07) is 0.363. The van der Waals surface area contributed by atoms with Gasteiger partial charge in [0.25, 0.3) is 0 Å². The highest BCUT2D eigenvalue weighted by molar-refractivity contribution is 4.86. The summed E-state index contributed by atoms with van der Waals surface area (Å²) in [5.74, 6) is 1.65. The Hall–Kier alpha value is -0.940. The van der Waals surface area contributed by atoms with Crippen molar-refractivity contribution in [1.82, 2.24) is 20.1 Å². The van der Waals surface area contributed by atoms with Crippen molar-refractivity contribution in [3.05, 3.63) is 12.2 Å². The van der Waals surface area contributed by atoms with E-state index < -0.39 is 0 Å². The Balaban J connectivity index is 1.79. The molecule has 0 saturated carbocycles. The summed E-state index contributed by atoms with van der Waals surface area (Å²) >= 11 is 0. The van der Waals surface area contributed by atoms with E-state index in [4.69, 9.17) is 4.74 Å². The first-order valence-electron chi connectivity index (χ1n) is 6.93. The molecule has 5 nitrogen and oxygen atoms in total. The molecule has 0 bridgehead atoms. The van der Waals surface area contributed by atoms with Gasteiger partial charge in [-0.1, -0.05) is 6.92 Å². The Morgan fingerprint density at radius 2 is 2.39 bits per heavy atom. The minimum absolute atomic E-state index is 0.363. The van der Waals surface area contributed by atoms with E-state index in [0.29, 0.717) is 18.1 Å². The smallest absolute Gasteiger partial charge is 0.141 e. The third kappa shape index (κ3) is 3.09. The molecule has 0 aliphatic carbocycles. The van der Waals surface area contributed by atoms with E-state index in [2.05, 4.69) is 36.2 Å². The lowest BCUT2D eigenvalue weighted by molar-refractivity contribution is 0.0871. The molecule has 1 aliphatic rings. The highest BCUT2D eigenvalue weighted by Gasteiger charge is 2.26. The van der Waals surface area contributed by atoms with Crippen LogP contribution in [0, 0.1) is 5.92 Å². The zero-order chi connectivity index (χ0) is 13.0. The van der Waals surface area contributed by atoms with Crippen LogP contribution >= 0.6 is 0 Å². The van der Waals surface area contributed by atoms with E-state index in [1.165, 1.54) is 6.42 Å². The zero-order valence-electron chi connectivity index (χ0n) is 11.6. The third-order valence-electron chi connectivity index (χ3n) is 3.57. The zero-order valence-corrected chi connectivity index (χ0v) is 11.6. The van der Waals surface area contributed by atoms with Gasteiger partial charge in [-0.05, 0) is 32.6 Å². The molecule has 0 amide bonds. The van der Waals surface area contributed by atoms with Gasteiger partial charge < -0.3 is 10.1 Å². The highest BCUT2D eigenvalue weighted by atomic mass is 16.5. The number of ether oxygens (including phenoxy) is 1. The van der Waals surface area contributed by atoms with E-state index in [1.54, 1.807) is 6.33 Å². The van der Waals surface area contributed by atoms with Gasteiger partial charge in [-0.2, -0.15) is 5.10 Å². The second kappa shape index (κ2) is 6.29. The summed E-state index contributed by atoms with van der Waals surface area (Å²) < 4.78 is 7.66. The molecule has 0 spiro atoms. The Morgan fingerprint density at radius 1 is 1.56 bits per heavy atom. The molecule has 2 atom stereocenters. The standard InChI is InChI=1S/C13H24N4O/c1-4-12-11(5-6-18-12)7-14-8-13-15-9-16-17(13)10(2)3/h9-12,14H,4-8H2,1-3H3. The molecule has 2 unspecified atom stereocenters. The van der Waals surface area contributed by atoms with Crippen LogP contribution < -0.4 is 5.32 Å². The second-order valence-electron chi connectivity index (χ2n) is 5.21. The molecule has 5 heteroatoms. The van der Waals surface area contributed by atoms with Crippen LogP contribution in [0.1, 0.15) is 45.5 Å². The van der Waals surface area contributed by atoms with Gasteiger partial charge in [0, 0.05) is 19.2 Å². The van der Waals surface area contributed by atoms with Gasteiger partial charge in [-0.3, -0.25) is 0 Å². The number of hydrogen-bond acceptors (Lipinski definition) is 4. The Kier molecular flexibility index (Phi) is 4.72. The van der Waals surface area contributed by atoms with Crippen molar-refractivity contribution in [2.45, 2.75) is 52.3 Å². The van der Waals surface area contributed by atoms with Gasteiger partial charge in [-0.25, -0.2) is 9.67 Å². The molecule has 1 fully saturated rings. The van der Waals surface area contributed by atoms with Crippen LogP contribution in [0.5, 0.6) is 0 Å². The molecular weight excluding hydrogens is 228 g/mol. The van der Waals surface area contributed by atoms with E-state index in [1.807, 2.05) is 4.68 Å². The number of hydrogen-bond donors (Lipinski definition) is 1. The fraction of sp³-hybridized carbons (Fsp3) is 0.846. The fourth-order valence-corrected chi connectivity index (χ4v) is 2.58. The summed E-state index contributed by atoms with van der Waals surface area (Å²) in [5, 5.41) is 7.72. The minimum Gasteiger partial charge on any atom is -0.378 e. The van der Waals surface area contributed by atoms with Gasteiger partial charge in [0.1, 0.15) is 12.2 Å². The van der Waals surface area contributed by atoms with Gasteiger partial charge >= 0.3 is 0 Å². The molecule has 0 radical (unpaired) electrons. The third-order valence-corrected chi connectivity index (χ3v) is 3.57. The van der Waals surface area contributed by atoms with Crippen molar-refractivity contribution in [2.24, 2.45) is 5.92 Å². The molecule has 0 aromatic carbocycles. The van der Waals surface area contributed by atoms with Gasteiger partial charge in [-0.15, -0.1) is 0 Å². The summed E-state index contributed by atoms with van der Waals surface area (Å²) in [6.45, 7) is 9.13. The van der Waals surface area contributed by atoms with Gasteiger partial charge in [0.05, 0.1) is 12.6 Å². The molecule has 18 heavy (non-hydrogen) atoms. The van der Waals surface area contributed by atoms with Crippen LogP contribution in [0.25, 0.3) is 0 Å². The quantitative estimate of drug-likeness (QED) is 0.838. The molecule has 1 saturated heterocycles. The van der Waals surface area contributed by atoms with E-state index in [-0.39, 0.29) is 0 Å². The fourth-order valence-electron chi connectivity index (χ4n) is 2.58. The monoisotopic (exact) mass is 252 g/mol.